The molecular formula is C23H24N2O2. The van der Waals surface area contributed by atoms with Gasteiger partial charge in [0, 0.05) is 18.0 Å². The van der Waals surface area contributed by atoms with E-state index in [4.69, 9.17) is 4.74 Å². The van der Waals surface area contributed by atoms with Gasteiger partial charge in [0.2, 0.25) is 0 Å². The number of ether oxygens (including phenoxy) is 1. The molecule has 0 N–H and O–H groups in total. The van der Waals surface area contributed by atoms with E-state index in [2.05, 4.69) is 6.58 Å². The second kappa shape index (κ2) is 7.96. The maximum absolute atomic E-state index is 12.8. The van der Waals surface area contributed by atoms with Crippen molar-refractivity contribution in [2.24, 2.45) is 0 Å². The van der Waals surface area contributed by atoms with Gasteiger partial charge in [-0.2, -0.15) is 0 Å². The molecule has 27 heavy (non-hydrogen) atoms. The summed E-state index contributed by atoms with van der Waals surface area (Å²) in [6, 6.07) is 13.9. The third kappa shape index (κ3) is 3.80. The van der Waals surface area contributed by atoms with Crippen molar-refractivity contribution in [3.8, 4) is 11.4 Å². The fourth-order valence-electron chi connectivity index (χ4n) is 3.11. The van der Waals surface area contributed by atoms with E-state index in [9.17, 15) is 4.79 Å². The first-order chi connectivity index (χ1) is 13.1. The molecule has 0 atom stereocenters. The second-order valence-electron chi connectivity index (χ2n) is 6.39. The molecule has 1 aromatic heterocycles. The lowest BCUT2D eigenvalue weighted by Gasteiger charge is -2.10. The molecule has 0 radical (unpaired) electrons. The Hall–Kier alpha value is -3.27. The first kappa shape index (κ1) is 18.5. The molecule has 4 heteroatoms. The van der Waals surface area contributed by atoms with Crippen molar-refractivity contribution in [2.75, 3.05) is 7.11 Å². The van der Waals surface area contributed by atoms with Crippen molar-refractivity contribution in [1.29, 1.82) is 0 Å². The SMILES string of the molecule is C=C/C(=C\C)c1ccc(-n2ccn(Cc3ccc(C)cc3OC)c2=O)cc1. The number of hydrogen-bond donors (Lipinski definition) is 0. The van der Waals surface area contributed by atoms with Crippen LogP contribution in [-0.4, -0.2) is 16.2 Å². The number of benzene rings is 2. The number of hydrogen-bond acceptors (Lipinski definition) is 2. The Morgan fingerprint density at radius 3 is 2.52 bits per heavy atom. The molecule has 0 saturated carbocycles. The van der Waals surface area contributed by atoms with Gasteiger partial charge in [0.05, 0.1) is 19.3 Å². The molecule has 4 nitrogen and oxygen atoms in total. The van der Waals surface area contributed by atoms with Crippen LogP contribution in [0.2, 0.25) is 0 Å². The second-order valence-corrected chi connectivity index (χ2v) is 6.39. The van der Waals surface area contributed by atoms with Crippen LogP contribution in [0.3, 0.4) is 0 Å². The first-order valence-electron chi connectivity index (χ1n) is 8.88. The summed E-state index contributed by atoms with van der Waals surface area (Å²) in [5.41, 5.74) is 4.99. The van der Waals surface area contributed by atoms with Crippen LogP contribution in [0.1, 0.15) is 23.6 Å². The van der Waals surface area contributed by atoms with Crippen LogP contribution < -0.4 is 10.4 Å². The van der Waals surface area contributed by atoms with Gasteiger partial charge in [-0.05, 0) is 48.7 Å². The molecule has 0 spiro atoms. The maximum atomic E-state index is 12.8. The zero-order chi connectivity index (χ0) is 19.4. The monoisotopic (exact) mass is 360 g/mol. The minimum atomic E-state index is -0.0830. The van der Waals surface area contributed by atoms with Crippen molar-refractivity contribution >= 4 is 5.57 Å². The molecule has 0 aliphatic rings. The molecule has 2 aromatic carbocycles. The summed E-state index contributed by atoms with van der Waals surface area (Å²) >= 11 is 0. The van der Waals surface area contributed by atoms with Crippen molar-refractivity contribution in [1.82, 2.24) is 9.13 Å². The van der Waals surface area contributed by atoms with E-state index < -0.39 is 0 Å². The largest absolute Gasteiger partial charge is 0.496 e. The van der Waals surface area contributed by atoms with E-state index in [1.807, 2.05) is 68.5 Å². The van der Waals surface area contributed by atoms with Gasteiger partial charge in [0.1, 0.15) is 5.75 Å². The van der Waals surface area contributed by atoms with E-state index in [1.165, 1.54) is 0 Å². The molecule has 138 valence electrons. The lowest BCUT2D eigenvalue weighted by molar-refractivity contribution is 0.408. The lowest BCUT2D eigenvalue weighted by Crippen LogP contribution is -2.23. The number of aryl methyl sites for hydroxylation is 1. The summed E-state index contributed by atoms with van der Waals surface area (Å²) in [6.07, 6.45) is 7.44. The number of nitrogens with zero attached hydrogens (tertiary/aromatic N) is 2. The Kier molecular flexibility index (Phi) is 5.46. The Bertz CT molecular complexity index is 1040. The number of imidazole rings is 1. The Morgan fingerprint density at radius 2 is 1.89 bits per heavy atom. The zero-order valence-electron chi connectivity index (χ0n) is 16.0. The summed E-state index contributed by atoms with van der Waals surface area (Å²) in [4.78, 5) is 12.8. The van der Waals surface area contributed by atoms with Crippen molar-refractivity contribution in [2.45, 2.75) is 20.4 Å². The zero-order valence-corrected chi connectivity index (χ0v) is 16.0. The van der Waals surface area contributed by atoms with Crippen LogP contribution in [0.15, 0.2) is 78.4 Å². The summed E-state index contributed by atoms with van der Waals surface area (Å²) in [5, 5.41) is 0. The summed E-state index contributed by atoms with van der Waals surface area (Å²) < 4.78 is 8.78. The quantitative estimate of drug-likeness (QED) is 0.603. The van der Waals surface area contributed by atoms with Gasteiger partial charge in [0.15, 0.2) is 0 Å². The average Bonchev–Trinajstić information content (AvgIpc) is 3.05. The fourth-order valence-corrected chi connectivity index (χ4v) is 3.11. The minimum absolute atomic E-state index is 0.0830. The number of allylic oxidation sites excluding steroid dienone is 3. The predicted octanol–water partition coefficient (Wildman–Crippen LogP) is 4.59. The van der Waals surface area contributed by atoms with Crippen molar-refractivity contribution < 1.29 is 4.74 Å². The molecule has 0 fully saturated rings. The smallest absolute Gasteiger partial charge is 0.333 e. The molecule has 0 bridgehead atoms. The van der Waals surface area contributed by atoms with Crippen LogP contribution in [0.4, 0.5) is 0 Å². The van der Waals surface area contributed by atoms with Crippen molar-refractivity contribution in [3.63, 3.8) is 0 Å². The van der Waals surface area contributed by atoms with E-state index in [1.54, 1.807) is 28.6 Å². The highest BCUT2D eigenvalue weighted by atomic mass is 16.5. The molecule has 0 amide bonds. The Labute approximate surface area is 159 Å². The Morgan fingerprint density at radius 1 is 1.15 bits per heavy atom. The van der Waals surface area contributed by atoms with Gasteiger partial charge in [-0.15, -0.1) is 0 Å². The average molecular weight is 360 g/mol. The van der Waals surface area contributed by atoms with Crippen LogP contribution >= 0.6 is 0 Å². The third-order valence-electron chi connectivity index (χ3n) is 4.64. The van der Waals surface area contributed by atoms with Gasteiger partial charge in [-0.1, -0.05) is 43.0 Å². The number of methoxy groups -OCH3 is 1. The van der Waals surface area contributed by atoms with E-state index in [0.717, 1.165) is 33.7 Å². The minimum Gasteiger partial charge on any atom is -0.496 e. The molecule has 1 heterocycles. The first-order valence-corrected chi connectivity index (χ1v) is 8.88. The summed E-state index contributed by atoms with van der Waals surface area (Å²) in [7, 11) is 1.65. The van der Waals surface area contributed by atoms with Gasteiger partial charge in [0.25, 0.3) is 0 Å². The van der Waals surface area contributed by atoms with Crippen LogP contribution in [-0.2, 0) is 6.54 Å². The predicted molar refractivity (Wildman–Crippen MR) is 111 cm³/mol. The van der Waals surface area contributed by atoms with Gasteiger partial charge in [-0.25, -0.2) is 4.79 Å². The molecule has 3 rings (SSSR count). The number of rotatable bonds is 6. The normalized spacial score (nSPS) is 11.4. The highest BCUT2D eigenvalue weighted by Gasteiger charge is 2.09. The molecular weight excluding hydrogens is 336 g/mol. The molecule has 0 aliphatic heterocycles. The van der Waals surface area contributed by atoms with Crippen LogP contribution in [0.5, 0.6) is 5.75 Å². The van der Waals surface area contributed by atoms with Gasteiger partial charge in [-0.3, -0.25) is 9.13 Å². The Balaban J connectivity index is 1.90. The lowest BCUT2D eigenvalue weighted by atomic mass is 10.1. The van der Waals surface area contributed by atoms with E-state index in [0.29, 0.717) is 6.54 Å². The standard InChI is InChI=1S/C23H24N2O2/c1-5-18(6-2)19-9-11-21(12-10-19)25-14-13-24(23(25)26)16-20-8-7-17(3)15-22(20)27-4/h5-15H,1,16H2,2-4H3/b18-6+. The molecule has 3 aromatic rings. The number of aromatic nitrogens is 2. The third-order valence-corrected chi connectivity index (χ3v) is 4.64. The van der Waals surface area contributed by atoms with Crippen LogP contribution in [0.25, 0.3) is 11.3 Å². The highest BCUT2D eigenvalue weighted by Crippen LogP contribution is 2.21. The summed E-state index contributed by atoms with van der Waals surface area (Å²) in [6.45, 7) is 8.29. The van der Waals surface area contributed by atoms with E-state index in [-0.39, 0.29) is 5.69 Å². The topological polar surface area (TPSA) is 36.2 Å². The van der Waals surface area contributed by atoms with Crippen LogP contribution in [0, 0.1) is 6.92 Å². The van der Waals surface area contributed by atoms with Gasteiger partial charge >= 0.3 is 5.69 Å². The molecule has 0 saturated heterocycles. The molecule has 0 unspecified atom stereocenters. The van der Waals surface area contributed by atoms with E-state index >= 15 is 0 Å². The molecule has 0 aliphatic carbocycles. The highest BCUT2D eigenvalue weighted by molar-refractivity contribution is 5.73. The van der Waals surface area contributed by atoms with Crippen molar-refractivity contribution in [3.05, 3.63) is 101 Å². The van der Waals surface area contributed by atoms with Gasteiger partial charge < -0.3 is 4.74 Å². The maximum Gasteiger partial charge on any atom is 0.333 e. The fraction of sp³-hybridized carbons (Fsp3) is 0.174. The summed E-state index contributed by atoms with van der Waals surface area (Å²) in [5.74, 6) is 0.794.